The first-order chi connectivity index (χ1) is 14.5. The van der Waals surface area contributed by atoms with Crippen LogP contribution in [0.3, 0.4) is 0 Å². The Kier molecular flexibility index (Phi) is 9.69. The topological polar surface area (TPSA) is 114 Å². The highest BCUT2D eigenvalue weighted by Gasteiger charge is 2.44. The van der Waals surface area contributed by atoms with Gasteiger partial charge in [0, 0.05) is 32.1 Å². The lowest BCUT2D eigenvalue weighted by molar-refractivity contribution is -0.148. The van der Waals surface area contributed by atoms with Gasteiger partial charge in [-0.15, -0.1) is 0 Å². The molecule has 170 valence electrons. The predicted molar refractivity (Wildman–Crippen MR) is 107 cm³/mol. The second-order valence-corrected chi connectivity index (χ2v) is 7.32. The molecule has 1 N–H and O–H groups in total. The number of esters is 2. The lowest BCUT2D eigenvalue weighted by atomic mass is 10.0. The van der Waals surface area contributed by atoms with Crippen LogP contribution in [0.5, 0.6) is 0 Å². The lowest BCUT2D eigenvalue weighted by Gasteiger charge is -2.37. The van der Waals surface area contributed by atoms with E-state index < -0.39 is 18.1 Å². The highest BCUT2D eigenvalue weighted by atomic mass is 16.6. The van der Waals surface area contributed by atoms with Gasteiger partial charge in [0.1, 0.15) is 6.61 Å². The van der Waals surface area contributed by atoms with Crippen molar-refractivity contribution >= 4 is 24.1 Å². The number of carbonyl (C=O) groups excluding carboxylic acids is 4. The van der Waals surface area contributed by atoms with E-state index in [-0.39, 0.29) is 31.3 Å². The monoisotopic (exact) mass is 427 g/mol. The zero-order valence-corrected chi connectivity index (χ0v) is 17.9. The molecule has 0 saturated carbocycles. The van der Waals surface area contributed by atoms with Crippen molar-refractivity contribution in [3.63, 3.8) is 0 Å². The molecule has 0 aromatic carbocycles. The van der Waals surface area contributed by atoms with Gasteiger partial charge in [-0.1, -0.05) is 6.42 Å². The minimum atomic E-state index is -0.711. The summed E-state index contributed by atoms with van der Waals surface area (Å²) < 4.78 is 15.0. The Morgan fingerprint density at radius 1 is 1.07 bits per heavy atom. The number of rotatable bonds is 10. The Bertz CT molecular complexity index is 605. The zero-order chi connectivity index (χ0) is 21.9. The maximum Gasteiger partial charge on any atom is 0.410 e. The molecular formula is C20H33N3O7. The van der Waals surface area contributed by atoms with Gasteiger partial charge in [0.15, 0.2) is 6.04 Å². The molecule has 0 aromatic rings. The fourth-order valence-electron chi connectivity index (χ4n) is 3.71. The Labute approximate surface area is 177 Å². The number of likely N-dealkylation sites (tertiary alicyclic amines) is 1. The Morgan fingerprint density at radius 3 is 2.43 bits per heavy atom. The van der Waals surface area contributed by atoms with E-state index >= 15 is 0 Å². The van der Waals surface area contributed by atoms with Crippen LogP contribution in [0.15, 0.2) is 0 Å². The summed E-state index contributed by atoms with van der Waals surface area (Å²) in [6, 6.07) is -0.997. The molecule has 2 aliphatic heterocycles. The molecule has 2 fully saturated rings. The summed E-state index contributed by atoms with van der Waals surface area (Å²) in [5.74, 6) is -0.636. The highest BCUT2D eigenvalue weighted by Crippen LogP contribution is 2.24. The number of nitrogens with zero attached hydrogens (tertiary/aromatic N) is 2. The van der Waals surface area contributed by atoms with Crippen molar-refractivity contribution in [1.29, 1.82) is 0 Å². The van der Waals surface area contributed by atoms with Gasteiger partial charge >= 0.3 is 24.1 Å². The number of urea groups is 1. The van der Waals surface area contributed by atoms with Gasteiger partial charge in [-0.3, -0.25) is 9.69 Å². The molecule has 1 atom stereocenters. The van der Waals surface area contributed by atoms with Crippen LogP contribution in [0.4, 0.5) is 9.59 Å². The van der Waals surface area contributed by atoms with Gasteiger partial charge in [0.2, 0.25) is 0 Å². The summed E-state index contributed by atoms with van der Waals surface area (Å²) in [7, 11) is 0. The van der Waals surface area contributed by atoms with Crippen LogP contribution in [0.2, 0.25) is 0 Å². The number of unbranched alkanes of at least 4 members (excludes halogenated alkanes) is 2. The summed E-state index contributed by atoms with van der Waals surface area (Å²) in [5, 5.41) is 2.89. The minimum absolute atomic E-state index is 0.00847. The number of amides is 3. The molecular weight excluding hydrogens is 394 g/mol. The maximum absolute atomic E-state index is 12.3. The lowest BCUT2D eigenvalue weighted by Crippen LogP contribution is -2.53. The third-order valence-corrected chi connectivity index (χ3v) is 5.25. The van der Waals surface area contributed by atoms with Crippen LogP contribution in [0.1, 0.15) is 52.4 Å². The number of hydrogen-bond acceptors (Lipinski definition) is 7. The number of piperidine rings is 1. The second-order valence-electron chi connectivity index (χ2n) is 7.32. The molecule has 10 heteroatoms. The van der Waals surface area contributed by atoms with Crippen molar-refractivity contribution in [3.8, 4) is 0 Å². The number of nitrogens with one attached hydrogen (secondary N) is 1. The number of hydrogen-bond donors (Lipinski definition) is 1. The number of ether oxygens (including phenoxy) is 3. The standard InChI is InChI=1S/C20H33N3O7/c1-3-28-17(24)8-6-5-7-11-21-19(26)22-12-9-15(10-13-22)23-16(14-30-20(23)27)18(25)29-4-2/h15-16H,3-14H2,1-2H3,(H,21,26). The molecule has 2 heterocycles. The summed E-state index contributed by atoms with van der Waals surface area (Å²) in [4.78, 5) is 51.0. The van der Waals surface area contributed by atoms with Crippen LogP contribution < -0.4 is 5.32 Å². The first-order valence-corrected chi connectivity index (χ1v) is 10.8. The Morgan fingerprint density at radius 2 is 1.77 bits per heavy atom. The predicted octanol–water partition coefficient (Wildman–Crippen LogP) is 1.67. The van der Waals surface area contributed by atoms with Crippen LogP contribution in [-0.2, 0) is 23.8 Å². The average Bonchev–Trinajstić information content (AvgIpc) is 3.12. The third kappa shape index (κ3) is 6.77. The van der Waals surface area contributed by atoms with E-state index in [0.717, 1.165) is 19.3 Å². The van der Waals surface area contributed by atoms with Gasteiger partial charge < -0.3 is 24.4 Å². The van der Waals surface area contributed by atoms with Crippen molar-refractivity contribution in [1.82, 2.24) is 15.1 Å². The smallest absolute Gasteiger partial charge is 0.410 e. The molecule has 30 heavy (non-hydrogen) atoms. The molecule has 0 bridgehead atoms. The van der Waals surface area contributed by atoms with Crippen molar-refractivity contribution < 1.29 is 33.4 Å². The molecule has 2 saturated heterocycles. The molecule has 2 aliphatic rings. The molecule has 0 spiro atoms. The summed E-state index contributed by atoms with van der Waals surface area (Å²) >= 11 is 0. The van der Waals surface area contributed by atoms with E-state index in [4.69, 9.17) is 14.2 Å². The Balaban J connectivity index is 1.67. The fraction of sp³-hybridized carbons (Fsp3) is 0.800. The molecule has 1 unspecified atom stereocenters. The van der Waals surface area contributed by atoms with Crippen molar-refractivity contribution in [3.05, 3.63) is 0 Å². The van der Waals surface area contributed by atoms with Crippen molar-refractivity contribution in [2.75, 3.05) is 39.5 Å². The van der Waals surface area contributed by atoms with Crippen LogP contribution in [0.25, 0.3) is 0 Å². The molecule has 0 aliphatic carbocycles. The molecule has 0 radical (unpaired) electrons. The van der Waals surface area contributed by atoms with E-state index in [1.807, 2.05) is 0 Å². The van der Waals surface area contributed by atoms with Crippen LogP contribution in [-0.4, -0.2) is 85.4 Å². The average molecular weight is 427 g/mol. The Hall–Kier alpha value is -2.52. The number of cyclic esters (lactones) is 1. The highest BCUT2D eigenvalue weighted by molar-refractivity contribution is 5.84. The molecule has 3 amide bonds. The third-order valence-electron chi connectivity index (χ3n) is 5.25. The van der Waals surface area contributed by atoms with E-state index in [0.29, 0.717) is 45.5 Å². The van der Waals surface area contributed by atoms with Crippen molar-refractivity contribution in [2.24, 2.45) is 0 Å². The summed E-state index contributed by atoms with van der Waals surface area (Å²) in [6.07, 6.45) is 3.44. The van der Waals surface area contributed by atoms with E-state index in [1.165, 1.54) is 4.90 Å². The van der Waals surface area contributed by atoms with Gasteiger partial charge in [0.25, 0.3) is 0 Å². The first-order valence-electron chi connectivity index (χ1n) is 10.8. The first kappa shape index (κ1) is 23.8. The number of carbonyl (C=O) groups is 4. The van der Waals surface area contributed by atoms with E-state index in [2.05, 4.69) is 5.32 Å². The van der Waals surface area contributed by atoms with E-state index in [1.54, 1.807) is 18.7 Å². The largest absolute Gasteiger partial charge is 0.466 e. The normalized spacial score (nSPS) is 19.4. The van der Waals surface area contributed by atoms with Gasteiger partial charge in [-0.2, -0.15) is 0 Å². The van der Waals surface area contributed by atoms with Gasteiger partial charge in [-0.05, 0) is 39.5 Å². The summed E-state index contributed by atoms with van der Waals surface area (Å²) in [5.41, 5.74) is 0. The van der Waals surface area contributed by atoms with E-state index in [9.17, 15) is 19.2 Å². The molecule has 0 aromatic heterocycles. The van der Waals surface area contributed by atoms with Gasteiger partial charge in [-0.25, -0.2) is 14.4 Å². The summed E-state index contributed by atoms with van der Waals surface area (Å²) in [6.45, 7) is 5.70. The molecule has 2 rings (SSSR count). The SMILES string of the molecule is CCOC(=O)CCCCCNC(=O)N1CCC(N2C(=O)OCC2C(=O)OCC)CC1. The molecule has 10 nitrogen and oxygen atoms in total. The quantitative estimate of drug-likeness (QED) is 0.320. The maximum atomic E-state index is 12.3. The fourth-order valence-corrected chi connectivity index (χ4v) is 3.71. The van der Waals surface area contributed by atoms with Crippen LogP contribution in [0, 0.1) is 0 Å². The van der Waals surface area contributed by atoms with Crippen molar-refractivity contribution in [2.45, 2.75) is 64.5 Å². The zero-order valence-electron chi connectivity index (χ0n) is 17.9. The second kappa shape index (κ2) is 12.2. The minimum Gasteiger partial charge on any atom is -0.466 e. The van der Waals surface area contributed by atoms with Gasteiger partial charge in [0.05, 0.1) is 13.2 Å². The van der Waals surface area contributed by atoms with Crippen LogP contribution >= 0.6 is 0 Å².